The Hall–Kier alpha value is -1.14. The van der Waals surface area contributed by atoms with Gasteiger partial charge in [-0.05, 0) is 58.6 Å². The molecule has 0 aliphatic carbocycles. The molecule has 0 saturated carbocycles. The molecule has 0 spiro atoms. The van der Waals surface area contributed by atoms with Gasteiger partial charge in [0.05, 0.1) is 6.54 Å². The molecule has 0 saturated heterocycles. The predicted octanol–water partition coefficient (Wildman–Crippen LogP) is 2.80. The molecule has 3 N–H and O–H groups in total. The van der Waals surface area contributed by atoms with Crippen LogP contribution in [0.3, 0.4) is 0 Å². The molecule has 5 nitrogen and oxygen atoms in total. The Morgan fingerprint density at radius 1 is 1.35 bits per heavy atom. The second kappa shape index (κ2) is 9.88. The van der Waals surface area contributed by atoms with E-state index in [1.165, 1.54) is 12.2 Å². The van der Waals surface area contributed by atoms with E-state index in [2.05, 4.69) is 21.9 Å². The fraction of sp³-hybridized carbons (Fsp3) is 0.706. The molecule has 0 aromatic carbocycles. The second-order valence-corrected chi connectivity index (χ2v) is 6.91. The Bertz CT molecular complexity index is 498. The summed E-state index contributed by atoms with van der Waals surface area (Å²) in [7, 11) is 0. The van der Waals surface area contributed by atoms with E-state index < -0.39 is 5.60 Å². The highest BCUT2D eigenvalue weighted by molar-refractivity contribution is 7.98. The third-order valence-electron chi connectivity index (χ3n) is 3.58. The number of guanidine groups is 1. The van der Waals surface area contributed by atoms with Crippen LogP contribution in [-0.4, -0.2) is 42.7 Å². The van der Waals surface area contributed by atoms with Gasteiger partial charge >= 0.3 is 0 Å². The number of thioether (sulfide) groups is 1. The summed E-state index contributed by atoms with van der Waals surface area (Å²) in [5.41, 5.74) is -0.238. The number of hydrogen-bond acceptors (Lipinski definition) is 4. The van der Waals surface area contributed by atoms with Crippen molar-refractivity contribution in [3.05, 3.63) is 23.2 Å². The van der Waals surface area contributed by atoms with Crippen molar-refractivity contribution < 1.29 is 9.52 Å². The Morgan fingerprint density at radius 3 is 2.65 bits per heavy atom. The van der Waals surface area contributed by atoms with Gasteiger partial charge in [-0.15, -0.1) is 0 Å². The molecule has 0 radical (unpaired) electrons. The summed E-state index contributed by atoms with van der Waals surface area (Å²) >= 11 is 1.87. The molecule has 1 unspecified atom stereocenters. The van der Waals surface area contributed by atoms with E-state index in [-0.39, 0.29) is 6.54 Å². The molecule has 23 heavy (non-hydrogen) atoms. The Labute approximate surface area is 144 Å². The minimum absolute atomic E-state index is 0.285. The van der Waals surface area contributed by atoms with Gasteiger partial charge in [-0.1, -0.05) is 0 Å². The van der Waals surface area contributed by atoms with Crippen molar-refractivity contribution in [1.29, 1.82) is 0 Å². The molecule has 0 fully saturated rings. The number of nitrogens with zero attached hydrogens (tertiary/aromatic N) is 1. The van der Waals surface area contributed by atoms with Gasteiger partial charge in [-0.3, -0.25) is 0 Å². The third-order valence-corrected chi connectivity index (χ3v) is 4.28. The number of rotatable bonds is 9. The van der Waals surface area contributed by atoms with Gasteiger partial charge in [0.25, 0.3) is 0 Å². The molecule has 1 rings (SSSR count). The van der Waals surface area contributed by atoms with E-state index in [1.54, 1.807) is 6.92 Å². The van der Waals surface area contributed by atoms with Crippen LogP contribution >= 0.6 is 11.8 Å². The van der Waals surface area contributed by atoms with Crippen molar-refractivity contribution in [3.8, 4) is 0 Å². The largest absolute Gasteiger partial charge is 0.466 e. The van der Waals surface area contributed by atoms with Gasteiger partial charge < -0.3 is 20.2 Å². The zero-order valence-electron chi connectivity index (χ0n) is 15.0. The number of aliphatic imine (C=N–C) groups is 1. The monoisotopic (exact) mass is 341 g/mol. The smallest absolute Gasteiger partial charge is 0.191 e. The third kappa shape index (κ3) is 6.87. The SMILES string of the molecule is CCNC(=NCC(C)(O)c1cc(C)oc1C)NCCCCSC. The van der Waals surface area contributed by atoms with E-state index in [0.29, 0.717) is 0 Å². The van der Waals surface area contributed by atoms with Crippen molar-refractivity contribution in [3.63, 3.8) is 0 Å². The standard InChI is InChI=1S/C17H31N3O2S/c1-6-18-16(19-9-7-8-10-23-5)20-12-17(4,21)15-11-13(2)22-14(15)3/h11,21H,6-10,12H2,1-5H3,(H2,18,19,20). The number of aliphatic hydroxyl groups is 1. The van der Waals surface area contributed by atoms with Crippen LogP contribution in [0.5, 0.6) is 0 Å². The fourth-order valence-electron chi connectivity index (χ4n) is 2.40. The first-order chi connectivity index (χ1) is 10.9. The molecule has 132 valence electrons. The number of aryl methyl sites for hydroxylation is 2. The average Bonchev–Trinajstić information content (AvgIpc) is 2.84. The molecule has 0 aliphatic rings. The Balaban J connectivity index is 2.62. The first kappa shape index (κ1) is 19.9. The van der Waals surface area contributed by atoms with E-state index >= 15 is 0 Å². The molecule has 0 amide bonds. The molecular formula is C17H31N3O2S. The molecule has 1 atom stereocenters. The van der Waals surface area contributed by atoms with Gasteiger partial charge in [-0.2, -0.15) is 11.8 Å². The summed E-state index contributed by atoms with van der Waals surface area (Å²) in [6.07, 6.45) is 4.43. The summed E-state index contributed by atoms with van der Waals surface area (Å²) in [5.74, 6) is 3.48. The van der Waals surface area contributed by atoms with Crippen LogP contribution in [-0.2, 0) is 5.60 Å². The lowest BCUT2D eigenvalue weighted by atomic mass is 9.96. The zero-order chi connectivity index (χ0) is 17.3. The van der Waals surface area contributed by atoms with Crippen LogP contribution in [0.25, 0.3) is 0 Å². The predicted molar refractivity (Wildman–Crippen MR) is 99.4 cm³/mol. The Kier molecular flexibility index (Phi) is 8.55. The summed E-state index contributed by atoms with van der Waals surface area (Å²) in [6, 6.07) is 1.88. The number of nitrogens with one attached hydrogen (secondary N) is 2. The minimum atomic E-state index is -1.04. The number of furan rings is 1. The average molecular weight is 342 g/mol. The van der Waals surface area contributed by atoms with E-state index in [9.17, 15) is 5.11 Å². The maximum Gasteiger partial charge on any atom is 0.191 e. The maximum atomic E-state index is 10.7. The molecule has 1 heterocycles. The normalized spacial score (nSPS) is 14.6. The fourth-order valence-corrected chi connectivity index (χ4v) is 2.90. The first-order valence-corrected chi connectivity index (χ1v) is 9.61. The highest BCUT2D eigenvalue weighted by Gasteiger charge is 2.27. The highest BCUT2D eigenvalue weighted by atomic mass is 32.2. The number of hydrogen-bond donors (Lipinski definition) is 3. The minimum Gasteiger partial charge on any atom is -0.466 e. The van der Waals surface area contributed by atoms with E-state index in [1.807, 2.05) is 38.6 Å². The molecule has 6 heteroatoms. The molecule has 1 aromatic heterocycles. The van der Waals surface area contributed by atoms with Gasteiger partial charge in [0.1, 0.15) is 17.1 Å². The van der Waals surface area contributed by atoms with Crippen LogP contribution in [0, 0.1) is 13.8 Å². The van der Waals surface area contributed by atoms with Crippen molar-refractivity contribution in [2.24, 2.45) is 4.99 Å². The lowest BCUT2D eigenvalue weighted by Crippen LogP contribution is -2.39. The molecule has 0 bridgehead atoms. The van der Waals surface area contributed by atoms with Crippen LogP contribution in [0.2, 0.25) is 0 Å². The van der Waals surface area contributed by atoms with Crippen molar-refractivity contribution in [1.82, 2.24) is 10.6 Å². The zero-order valence-corrected chi connectivity index (χ0v) is 15.8. The van der Waals surface area contributed by atoms with Crippen LogP contribution in [0.1, 0.15) is 43.8 Å². The maximum absolute atomic E-state index is 10.7. The Morgan fingerprint density at radius 2 is 2.09 bits per heavy atom. The highest BCUT2D eigenvalue weighted by Crippen LogP contribution is 2.27. The topological polar surface area (TPSA) is 69.8 Å². The summed E-state index contributed by atoms with van der Waals surface area (Å²) < 4.78 is 5.52. The summed E-state index contributed by atoms with van der Waals surface area (Å²) in [4.78, 5) is 4.53. The van der Waals surface area contributed by atoms with E-state index in [4.69, 9.17) is 4.42 Å². The summed E-state index contributed by atoms with van der Waals surface area (Å²) in [6.45, 7) is 9.53. The van der Waals surface area contributed by atoms with Crippen molar-refractivity contribution in [2.45, 2.75) is 46.1 Å². The van der Waals surface area contributed by atoms with Gasteiger partial charge in [0.2, 0.25) is 0 Å². The lowest BCUT2D eigenvalue weighted by Gasteiger charge is -2.21. The molecular weight excluding hydrogens is 310 g/mol. The van der Waals surface area contributed by atoms with E-state index in [0.717, 1.165) is 42.6 Å². The van der Waals surface area contributed by atoms with Crippen LogP contribution in [0.15, 0.2) is 15.5 Å². The lowest BCUT2D eigenvalue weighted by molar-refractivity contribution is 0.0657. The first-order valence-electron chi connectivity index (χ1n) is 8.21. The van der Waals surface area contributed by atoms with Gasteiger partial charge in [0.15, 0.2) is 5.96 Å². The molecule has 1 aromatic rings. The quantitative estimate of drug-likeness (QED) is 0.366. The van der Waals surface area contributed by atoms with Crippen molar-refractivity contribution >= 4 is 17.7 Å². The van der Waals surface area contributed by atoms with Crippen LogP contribution in [0.4, 0.5) is 0 Å². The number of unbranched alkanes of at least 4 members (excludes halogenated alkanes) is 1. The second-order valence-electron chi connectivity index (χ2n) is 5.92. The summed E-state index contributed by atoms with van der Waals surface area (Å²) in [5, 5.41) is 17.2. The van der Waals surface area contributed by atoms with Gasteiger partial charge in [-0.25, -0.2) is 4.99 Å². The molecule has 0 aliphatic heterocycles. The van der Waals surface area contributed by atoms with Crippen molar-refractivity contribution in [2.75, 3.05) is 31.6 Å². The van der Waals surface area contributed by atoms with Gasteiger partial charge in [0, 0.05) is 18.7 Å². The van der Waals surface area contributed by atoms with Crippen LogP contribution < -0.4 is 10.6 Å².